The summed E-state index contributed by atoms with van der Waals surface area (Å²) in [6.07, 6.45) is 3.24. The van der Waals surface area contributed by atoms with Crippen LogP contribution in [0, 0.1) is 0 Å². The lowest BCUT2D eigenvalue weighted by Gasteiger charge is -2.18. The Hall–Kier alpha value is -1.41. The molecule has 0 amide bonds. The van der Waals surface area contributed by atoms with Crippen LogP contribution in [-0.4, -0.2) is 10.2 Å². The van der Waals surface area contributed by atoms with Gasteiger partial charge in [0, 0.05) is 16.0 Å². The van der Waals surface area contributed by atoms with E-state index in [4.69, 9.17) is 11.6 Å². The lowest BCUT2D eigenvalue weighted by Crippen LogP contribution is -2.15. The van der Waals surface area contributed by atoms with Crippen LogP contribution in [0.3, 0.4) is 0 Å². The minimum absolute atomic E-state index is 0.0388. The van der Waals surface area contributed by atoms with Gasteiger partial charge in [0.15, 0.2) is 0 Å². The Balaban J connectivity index is 2.16. The van der Waals surface area contributed by atoms with Crippen molar-refractivity contribution >= 4 is 11.6 Å². The molecular formula is C17H19ClN2. The first-order valence-electron chi connectivity index (χ1n) is 7.11. The molecule has 0 atom stereocenters. The smallest absolute Gasteiger partial charge is 0.0964 e. The Morgan fingerprint density at radius 3 is 2.50 bits per heavy atom. The van der Waals surface area contributed by atoms with Crippen LogP contribution in [0.25, 0.3) is 11.3 Å². The van der Waals surface area contributed by atoms with Crippen LogP contribution in [0.4, 0.5) is 0 Å². The van der Waals surface area contributed by atoms with Gasteiger partial charge in [-0.3, -0.25) is 0 Å². The fourth-order valence-corrected chi connectivity index (χ4v) is 2.88. The molecule has 0 fully saturated rings. The summed E-state index contributed by atoms with van der Waals surface area (Å²) in [6.45, 7) is 6.52. The van der Waals surface area contributed by atoms with E-state index in [-0.39, 0.29) is 5.41 Å². The minimum Gasteiger partial charge on any atom is -0.154 e. The summed E-state index contributed by atoms with van der Waals surface area (Å²) in [5, 5.41) is 9.76. The van der Waals surface area contributed by atoms with Crippen LogP contribution in [-0.2, 0) is 18.3 Å². The van der Waals surface area contributed by atoms with E-state index >= 15 is 0 Å². The topological polar surface area (TPSA) is 25.8 Å². The van der Waals surface area contributed by atoms with Crippen molar-refractivity contribution in [2.24, 2.45) is 0 Å². The van der Waals surface area contributed by atoms with Gasteiger partial charge in [-0.1, -0.05) is 38.4 Å². The van der Waals surface area contributed by atoms with E-state index in [9.17, 15) is 0 Å². The molecule has 2 nitrogen and oxygen atoms in total. The molecule has 2 aromatic rings. The molecule has 0 saturated carbocycles. The molecule has 0 radical (unpaired) electrons. The maximum atomic E-state index is 6.11. The van der Waals surface area contributed by atoms with Gasteiger partial charge < -0.3 is 0 Å². The maximum absolute atomic E-state index is 6.11. The monoisotopic (exact) mass is 286 g/mol. The van der Waals surface area contributed by atoms with Gasteiger partial charge in [0.05, 0.1) is 11.4 Å². The molecular weight excluding hydrogens is 268 g/mol. The maximum Gasteiger partial charge on any atom is 0.0964 e. The predicted molar refractivity (Wildman–Crippen MR) is 83.2 cm³/mol. The van der Waals surface area contributed by atoms with E-state index < -0.39 is 0 Å². The molecule has 0 aliphatic heterocycles. The summed E-state index contributed by atoms with van der Waals surface area (Å²) in [6, 6.07) is 8.31. The second-order valence-electron chi connectivity index (χ2n) is 6.51. The molecule has 20 heavy (non-hydrogen) atoms. The molecule has 0 unspecified atom stereocenters. The van der Waals surface area contributed by atoms with Gasteiger partial charge in [-0.25, -0.2) is 0 Å². The van der Waals surface area contributed by atoms with Gasteiger partial charge in [-0.2, -0.15) is 5.10 Å². The molecule has 1 aliphatic rings. The number of rotatable bonds is 0. The van der Waals surface area contributed by atoms with Crippen LogP contribution < -0.4 is 0 Å². The number of hydrogen-bond donors (Lipinski definition) is 0. The van der Waals surface area contributed by atoms with E-state index in [1.54, 1.807) is 0 Å². The molecule has 1 heterocycles. The van der Waals surface area contributed by atoms with Crippen molar-refractivity contribution in [1.29, 1.82) is 0 Å². The third-order valence-corrected chi connectivity index (χ3v) is 4.09. The van der Waals surface area contributed by atoms with Crippen LogP contribution >= 0.6 is 11.6 Å². The highest BCUT2D eigenvalue weighted by Crippen LogP contribution is 2.33. The summed E-state index contributed by atoms with van der Waals surface area (Å²) in [4.78, 5) is 0. The van der Waals surface area contributed by atoms with E-state index in [2.05, 4.69) is 49.2 Å². The highest BCUT2D eigenvalue weighted by molar-refractivity contribution is 6.30. The average molecular weight is 287 g/mol. The second-order valence-corrected chi connectivity index (χ2v) is 6.94. The second kappa shape index (κ2) is 4.85. The van der Waals surface area contributed by atoms with Crippen LogP contribution in [0.2, 0.25) is 5.02 Å². The molecule has 0 bridgehead atoms. The number of nitrogens with zero attached hydrogens (tertiary/aromatic N) is 2. The van der Waals surface area contributed by atoms with Crippen molar-refractivity contribution in [1.82, 2.24) is 10.2 Å². The van der Waals surface area contributed by atoms with Gasteiger partial charge in [-0.15, -0.1) is 5.10 Å². The molecule has 0 N–H and O–H groups in total. The van der Waals surface area contributed by atoms with Gasteiger partial charge in [-0.05, 0) is 48.6 Å². The first-order valence-corrected chi connectivity index (χ1v) is 7.49. The number of aromatic nitrogens is 2. The minimum atomic E-state index is 0.0388. The fraction of sp³-hybridized carbons (Fsp3) is 0.412. The molecule has 1 aliphatic carbocycles. The van der Waals surface area contributed by atoms with Gasteiger partial charge >= 0.3 is 0 Å². The molecule has 1 aromatic carbocycles. The van der Waals surface area contributed by atoms with Crippen molar-refractivity contribution in [3.8, 4) is 11.3 Å². The first-order chi connectivity index (χ1) is 9.45. The number of fused-ring (bicyclic) bond motifs is 3. The number of halogens is 1. The molecule has 104 valence electrons. The lowest BCUT2D eigenvalue weighted by molar-refractivity contribution is 0.557. The Morgan fingerprint density at radius 2 is 1.75 bits per heavy atom. The largest absolute Gasteiger partial charge is 0.154 e. The summed E-state index contributed by atoms with van der Waals surface area (Å²) in [5.74, 6) is 0. The molecule has 1 aromatic heterocycles. The highest BCUT2D eigenvalue weighted by Gasteiger charge is 2.21. The zero-order chi connectivity index (χ0) is 14.3. The average Bonchev–Trinajstić information content (AvgIpc) is 2.55. The van der Waals surface area contributed by atoms with Crippen LogP contribution in [0.1, 0.15) is 44.0 Å². The summed E-state index contributed by atoms with van der Waals surface area (Å²) in [5.41, 5.74) is 5.92. The fourth-order valence-electron chi connectivity index (χ4n) is 2.68. The van der Waals surface area contributed by atoms with Gasteiger partial charge in [0.2, 0.25) is 0 Å². The highest BCUT2D eigenvalue weighted by atomic mass is 35.5. The standard InChI is InChI=1S/C17H19ClN2/c1-17(2,3)15-10-12-6-4-5-11-9-13(18)7-8-14(11)16(12)20-19-15/h7-10H,4-6H2,1-3H3. The Labute approximate surface area is 125 Å². The summed E-state index contributed by atoms with van der Waals surface area (Å²) < 4.78 is 0. The zero-order valence-corrected chi connectivity index (χ0v) is 13.0. The van der Waals surface area contributed by atoms with Crippen molar-refractivity contribution in [2.45, 2.75) is 45.4 Å². The molecule has 3 rings (SSSR count). The van der Waals surface area contributed by atoms with Crippen molar-refractivity contribution < 1.29 is 0 Å². The Morgan fingerprint density at radius 1 is 1.00 bits per heavy atom. The lowest BCUT2D eigenvalue weighted by atomic mass is 9.90. The van der Waals surface area contributed by atoms with Crippen molar-refractivity contribution in [2.75, 3.05) is 0 Å². The number of benzene rings is 1. The van der Waals surface area contributed by atoms with E-state index in [1.165, 1.54) is 16.7 Å². The summed E-state index contributed by atoms with van der Waals surface area (Å²) >= 11 is 6.11. The molecule has 3 heteroatoms. The van der Waals surface area contributed by atoms with E-state index in [1.807, 2.05) is 6.07 Å². The number of aryl methyl sites for hydroxylation is 2. The van der Waals surface area contributed by atoms with Crippen LogP contribution in [0.5, 0.6) is 0 Å². The third-order valence-electron chi connectivity index (χ3n) is 3.86. The summed E-state index contributed by atoms with van der Waals surface area (Å²) in [7, 11) is 0. The van der Waals surface area contributed by atoms with E-state index in [0.717, 1.165) is 35.7 Å². The molecule has 0 saturated heterocycles. The van der Waals surface area contributed by atoms with Gasteiger partial charge in [0.1, 0.15) is 0 Å². The normalized spacial score (nSPS) is 14.4. The zero-order valence-electron chi connectivity index (χ0n) is 12.2. The first kappa shape index (κ1) is 13.6. The van der Waals surface area contributed by atoms with Crippen molar-refractivity contribution in [3.05, 3.63) is 46.1 Å². The Kier molecular flexibility index (Phi) is 3.29. The predicted octanol–water partition coefficient (Wildman–Crippen LogP) is 4.58. The third kappa shape index (κ3) is 2.45. The quantitative estimate of drug-likeness (QED) is 0.708. The van der Waals surface area contributed by atoms with E-state index in [0.29, 0.717) is 0 Å². The number of hydrogen-bond acceptors (Lipinski definition) is 2. The van der Waals surface area contributed by atoms with Crippen molar-refractivity contribution in [3.63, 3.8) is 0 Å². The van der Waals surface area contributed by atoms with Gasteiger partial charge in [0.25, 0.3) is 0 Å². The Bertz CT molecular complexity index is 657. The molecule has 0 spiro atoms. The van der Waals surface area contributed by atoms with Crippen LogP contribution in [0.15, 0.2) is 24.3 Å². The SMILES string of the molecule is CC(C)(C)c1cc2c(nn1)-c1ccc(Cl)cc1CCC2.